The summed E-state index contributed by atoms with van der Waals surface area (Å²) in [7, 11) is 3.13. The predicted octanol–water partition coefficient (Wildman–Crippen LogP) is 5.55. The first kappa shape index (κ1) is 28.3. The van der Waals surface area contributed by atoms with Crippen molar-refractivity contribution in [1.29, 1.82) is 0 Å². The van der Waals surface area contributed by atoms with Gasteiger partial charge in [-0.05, 0) is 51.3 Å². The molecule has 2 atom stereocenters. The van der Waals surface area contributed by atoms with E-state index in [-0.39, 0.29) is 40.9 Å². The van der Waals surface area contributed by atoms with Crippen molar-refractivity contribution in [2.45, 2.75) is 52.2 Å². The largest absolute Gasteiger partial charge is 0.497 e. The Hall–Kier alpha value is -4.22. The van der Waals surface area contributed by atoms with Crippen LogP contribution in [0.3, 0.4) is 0 Å². The average molecular weight is 569 g/mol. The van der Waals surface area contributed by atoms with Crippen LogP contribution < -0.4 is 14.8 Å². The van der Waals surface area contributed by atoms with E-state index in [2.05, 4.69) is 17.2 Å². The lowest BCUT2D eigenvalue weighted by Gasteiger charge is -2.36. The number of amides is 1. The van der Waals surface area contributed by atoms with Crippen LogP contribution in [0.4, 0.5) is 19.5 Å². The van der Waals surface area contributed by atoms with Crippen LogP contribution >= 0.6 is 0 Å². The summed E-state index contributed by atoms with van der Waals surface area (Å²) in [5.74, 6) is 0.321. The molecule has 3 heterocycles. The molecule has 1 aliphatic rings. The summed E-state index contributed by atoms with van der Waals surface area (Å²) in [6.07, 6.45) is 0.334. The normalized spacial score (nSPS) is 17.6. The molecule has 2 aromatic heterocycles. The van der Waals surface area contributed by atoms with Gasteiger partial charge in [-0.1, -0.05) is 6.92 Å². The highest BCUT2D eigenvalue weighted by atomic mass is 19.1. The number of carbonyl (C=O) groups excluding carboxylic acids is 1. The molecular formula is C29H34F2N6O4. The van der Waals surface area contributed by atoms with Gasteiger partial charge in [0, 0.05) is 43.2 Å². The Morgan fingerprint density at radius 2 is 1.88 bits per heavy atom. The molecule has 0 saturated carbocycles. The summed E-state index contributed by atoms with van der Waals surface area (Å²) in [6, 6.07) is 7.41. The van der Waals surface area contributed by atoms with Crippen LogP contribution in [0.25, 0.3) is 16.6 Å². The first-order chi connectivity index (χ1) is 19.5. The number of benzene rings is 2. The number of ether oxygens (including phenoxy) is 3. The second-order valence-electron chi connectivity index (χ2n) is 11.4. The fourth-order valence-electron chi connectivity index (χ4n) is 5.13. The molecule has 0 aliphatic carbocycles. The van der Waals surface area contributed by atoms with Crippen LogP contribution in [0.15, 0.2) is 30.3 Å². The first-order valence-corrected chi connectivity index (χ1v) is 13.4. The molecule has 1 fully saturated rings. The number of likely N-dealkylation sites (tertiary alicyclic amines) is 1. The standard InChI is InChI=1S/C29H34F2N6O4/c1-16-9-18(15-36(14-16)28(38)41-29(2,3)4)25-34-26-21-10-19(30)11-22(31)24(21)33-27(37(26)35-25)32-13-17-7-8-20(39-5)12-23(17)40-6/h7-8,10-12,16,18H,9,13-15H2,1-6H3,(H,32,33)/t16-,18-/m1/s1. The Balaban J connectivity index is 1.54. The van der Waals surface area contributed by atoms with Gasteiger partial charge in [0.25, 0.3) is 0 Å². The van der Waals surface area contributed by atoms with Crippen molar-refractivity contribution in [2.75, 3.05) is 32.6 Å². The van der Waals surface area contributed by atoms with Gasteiger partial charge in [-0.3, -0.25) is 0 Å². The number of hydrogen-bond donors (Lipinski definition) is 1. The SMILES string of the molecule is COc1ccc(CNc2nc3c(F)cc(F)cc3c3nc([C@@H]4C[C@@H](C)CN(C(=O)OC(C)(C)C)C4)nn23)c(OC)c1. The van der Waals surface area contributed by atoms with Crippen LogP contribution in [0.2, 0.25) is 0 Å². The Bertz CT molecular complexity index is 1600. The van der Waals surface area contributed by atoms with E-state index in [1.54, 1.807) is 31.3 Å². The van der Waals surface area contributed by atoms with Gasteiger partial charge in [-0.25, -0.2) is 23.5 Å². The van der Waals surface area contributed by atoms with Gasteiger partial charge in [0.15, 0.2) is 17.3 Å². The van der Waals surface area contributed by atoms with E-state index in [0.29, 0.717) is 30.4 Å². The number of methoxy groups -OCH3 is 2. The summed E-state index contributed by atoms with van der Waals surface area (Å²) in [5, 5.41) is 8.14. The number of rotatable bonds is 6. The molecule has 10 nitrogen and oxygen atoms in total. The number of piperidine rings is 1. The molecule has 41 heavy (non-hydrogen) atoms. The summed E-state index contributed by atoms with van der Waals surface area (Å²) in [5.41, 5.74) is 0.405. The summed E-state index contributed by atoms with van der Waals surface area (Å²) >= 11 is 0. The molecule has 0 bridgehead atoms. The number of aromatic nitrogens is 4. The minimum atomic E-state index is -0.806. The molecule has 1 N–H and O–H groups in total. The van der Waals surface area contributed by atoms with Gasteiger partial charge in [0.05, 0.1) is 19.6 Å². The van der Waals surface area contributed by atoms with E-state index < -0.39 is 23.3 Å². The third-order valence-corrected chi connectivity index (χ3v) is 6.92. The molecule has 5 rings (SSSR count). The molecule has 1 aliphatic heterocycles. The topological polar surface area (TPSA) is 103 Å². The van der Waals surface area contributed by atoms with E-state index in [9.17, 15) is 13.6 Å². The highest BCUT2D eigenvalue weighted by Crippen LogP contribution is 2.32. The monoisotopic (exact) mass is 568 g/mol. The third kappa shape index (κ3) is 5.96. The van der Waals surface area contributed by atoms with Gasteiger partial charge < -0.3 is 24.4 Å². The molecule has 0 spiro atoms. The van der Waals surface area contributed by atoms with Gasteiger partial charge in [0.2, 0.25) is 5.95 Å². The minimum Gasteiger partial charge on any atom is -0.497 e. The third-order valence-electron chi connectivity index (χ3n) is 6.92. The molecule has 0 radical (unpaired) electrons. The maximum Gasteiger partial charge on any atom is 0.410 e. The summed E-state index contributed by atoms with van der Waals surface area (Å²) in [4.78, 5) is 23.7. The smallest absolute Gasteiger partial charge is 0.410 e. The second kappa shape index (κ2) is 11.0. The fourth-order valence-corrected chi connectivity index (χ4v) is 5.13. The highest BCUT2D eigenvalue weighted by molar-refractivity contribution is 5.92. The predicted molar refractivity (Wildman–Crippen MR) is 149 cm³/mol. The van der Waals surface area contributed by atoms with Crippen LogP contribution in [0.1, 0.15) is 51.4 Å². The van der Waals surface area contributed by atoms with Crippen molar-refractivity contribution in [3.63, 3.8) is 0 Å². The Labute approximate surface area is 236 Å². The Kier molecular flexibility index (Phi) is 7.58. The van der Waals surface area contributed by atoms with E-state index >= 15 is 0 Å². The van der Waals surface area contributed by atoms with Crippen molar-refractivity contribution in [3.8, 4) is 11.5 Å². The molecular weight excluding hydrogens is 534 g/mol. The number of nitrogens with zero attached hydrogens (tertiary/aromatic N) is 5. The van der Waals surface area contributed by atoms with E-state index in [1.165, 1.54) is 10.6 Å². The number of carbonyl (C=O) groups is 1. The lowest BCUT2D eigenvalue weighted by molar-refractivity contribution is 0.0148. The second-order valence-corrected chi connectivity index (χ2v) is 11.4. The molecule has 12 heteroatoms. The van der Waals surface area contributed by atoms with Crippen LogP contribution in [-0.2, 0) is 11.3 Å². The number of nitrogens with one attached hydrogen (secondary N) is 1. The molecule has 1 saturated heterocycles. The maximum absolute atomic E-state index is 14.9. The lowest BCUT2D eigenvalue weighted by Crippen LogP contribution is -2.45. The Morgan fingerprint density at radius 3 is 2.59 bits per heavy atom. The molecule has 218 valence electrons. The summed E-state index contributed by atoms with van der Waals surface area (Å²) in [6.45, 7) is 8.71. The zero-order valence-corrected chi connectivity index (χ0v) is 24.0. The van der Waals surface area contributed by atoms with Gasteiger partial charge in [0.1, 0.15) is 28.4 Å². The van der Waals surface area contributed by atoms with E-state index in [4.69, 9.17) is 24.3 Å². The molecule has 4 aromatic rings. The number of anilines is 1. The van der Waals surface area contributed by atoms with Gasteiger partial charge >= 0.3 is 6.09 Å². The van der Waals surface area contributed by atoms with Crippen molar-refractivity contribution in [1.82, 2.24) is 24.5 Å². The molecule has 2 aromatic carbocycles. The fraction of sp³-hybridized carbons (Fsp3) is 0.448. The van der Waals surface area contributed by atoms with Crippen LogP contribution in [-0.4, -0.2) is 63.5 Å². The van der Waals surface area contributed by atoms with E-state index in [0.717, 1.165) is 18.1 Å². The van der Waals surface area contributed by atoms with Crippen molar-refractivity contribution in [2.24, 2.45) is 5.92 Å². The lowest BCUT2D eigenvalue weighted by atomic mass is 9.90. The number of fused-ring (bicyclic) bond motifs is 3. The average Bonchev–Trinajstić information content (AvgIpc) is 3.37. The zero-order valence-electron chi connectivity index (χ0n) is 24.0. The van der Waals surface area contributed by atoms with Gasteiger partial charge in [-0.15, -0.1) is 5.10 Å². The zero-order chi connectivity index (χ0) is 29.5. The quantitative estimate of drug-likeness (QED) is 0.323. The maximum atomic E-state index is 14.9. The highest BCUT2D eigenvalue weighted by Gasteiger charge is 2.34. The molecule has 1 amide bonds. The van der Waals surface area contributed by atoms with Crippen LogP contribution in [0, 0.1) is 17.6 Å². The van der Waals surface area contributed by atoms with Crippen LogP contribution in [0.5, 0.6) is 11.5 Å². The summed E-state index contributed by atoms with van der Waals surface area (Å²) < 4.78 is 47.1. The number of hydrogen-bond acceptors (Lipinski definition) is 8. The van der Waals surface area contributed by atoms with Crippen molar-refractivity contribution < 1.29 is 27.8 Å². The molecule has 0 unspecified atom stereocenters. The van der Waals surface area contributed by atoms with E-state index in [1.807, 2.05) is 26.8 Å². The van der Waals surface area contributed by atoms with Gasteiger partial charge in [-0.2, -0.15) is 4.52 Å². The van der Waals surface area contributed by atoms with Crippen molar-refractivity contribution >= 4 is 28.6 Å². The number of halogens is 2. The minimum absolute atomic E-state index is 0.0329. The van der Waals surface area contributed by atoms with Crippen molar-refractivity contribution in [3.05, 3.63) is 53.4 Å². The first-order valence-electron chi connectivity index (χ1n) is 13.4. The Morgan fingerprint density at radius 1 is 1.10 bits per heavy atom.